The Labute approximate surface area is 192 Å². The van der Waals surface area contributed by atoms with Crippen molar-refractivity contribution in [2.24, 2.45) is 0 Å². The molecule has 2 aromatic carbocycles. The van der Waals surface area contributed by atoms with Crippen LogP contribution in [-0.2, 0) is 13.1 Å². The molecule has 158 valence electrons. The molecule has 0 saturated carbocycles. The van der Waals surface area contributed by atoms with Gasteiger partial charge < -0.3 is 14.8 Å². The zero-order chi connectivity index (χ0) is 21.5. The van der Waals surface area contributed by atoms with Crippen molar-refractivity contribution in [1.82, 2.24) is 9.47 Å². The molecule has 0 saturated heterocycles. The van der Waals surface area contributed by atoms with Crippen molar-refractivity contribution < 1.29 is 4.79 Å². The van der Waals surface area contributed by atoms with E-state index in [1.807, 2.05) is 47.5 Å². The molecule has 0 unspecified atom stereocenters. The molecular weight excluding hydrogens is 441 g/mol. The maximum Gasteiger partial charge on any atom is 0.322 e. The maximum absolute atomic E-state index is 13.0. The standard InChI is InChI=1S/C23H24Cl3N3O/c1-2-3-12-29(23(30)27-18-10-11-21(25)22(26)14-18)16-19-8-6-13-28(19)15-17-7-4-5-9-20(17)24/h4-11,13-14H,2-3,12,15-16H2,1H3,(H,27,30). The molecule has 3 rings (SSSR count). The monoisotopic (exact) mass is 463 g/mol. The minimum absolute atomic E-state index is 0.174. The van der Waals surface area contributed by atoms with Crippen LogP contribution in [-0.4, -0.2) is 22.0 Å². The normalized spacial score (nSPS) is 10.8. The van der Waals surface area contributed by atoms with Gasteiger partial charge in [-0.05, 0) is 48.4 Å². The lowest BCUT2D eigenvalue weighted by molar-refractivity contribution is 0.207. The van der Waals surface area contributed by atoms with Crippen LogP contribution in [0, 0.1) is 0 Å². The summed E-state index contributed by atoms with van der Waals surface area (Å²) in [6.07, 6.45) is 3.92. The summed E-state index contributed by atoms with van der Waals surface area (Å²) in [6, 6.07) is 16.7. The van der Waals surface area contributed by atoms with Crippen LogP contribution < -0.4 is 5.32 Å². The number of amides is 2. The third kappa shape index (κ3) is 5.94. The lowest BCUT2D eigenvalue weighted by atomic mass is 10.2. The number of halogens is 3. The van der Waals surface area contributed by atoms with Crippen molar-refractivity contribution in [2.75, 3.05) is 11.9 Å². The van der Waals surface area contributed by atoms with Gasteiger partial charge in [0.25, 0.3) is 0 Å². The molecule has 0 atom stereocenters. The molecule has 1 aromatic heterocycles. The minimum atomic E-state index is -0.174. The summed E-state index contributed by atoms with van der Waals surface area (Å²) in [7, 11) is 0. The lowest BCUT2D eigenvalue weighted by Crippen LogP contribution is -2.36. The van der Waals surface area contributed by atoms with Gasteiger partial charge in [-0.3, -0.25) is 0 Å². The van der Waals surface area contributed by atoms with Gasteiger partial charge in [0.1, 0.15) is 0 Å². The topological polar surface area (TPSA) is 37.3 Å². The summed E-state index contributed by atoms with van der Waals surface area (Å²) in [5.74, 6) is 0. The van der Waals surface area contributed by atoms with Gasteiger partial charge in [0.15, 0.2) is 0 Å². The van der Waals surface area contributed by atoms with E-state index in [2.05, 4.69) is 16.8 Å². The molecule has 0 fully saturated rings. The van der Waals surface area contributed by atoms with E-state index < -0.39 is 0 Å². The SMILES string of the molecule is CCCCN(Cc1cccn1Cc1ccccc1Cl)C(=O)Nc1ccc(Cl)c(Cl)c1. The number of unbranched alkanes of at least 4 members (excludes halogenated alkanes) is 1. The summed E-state index contributed by atoms with van der Waals surface area (Å²) in [6.45, 7) is 3.90. The first kappa shape index (κ1) is 22.5. The average molecular weight is 465 g/mol. The number of aromatic nitrogens is 1. The summed E-state index contributed by atoms with van der Waals surface area (Å²) in [5, 5.41) is 4.52. The van der Waals surface area contributed by atoms with Crippen molar-refractivity contribution >= 4 is 46.5 Å². The lowest BCUT2D eigenvalue weighted by Gasteiger charge is -2.24. The third-order valence-electron chi connectivity index (χ3n) is 4.81. The van der Waals surface area contributed by atoms with E-state index in [9.17, 15) is 4.79 Å². The number of nitrogens with zero attached hydrogens (tertiary/aromatic N) is 2. The van der Waals surface area contributed by atoms with E-state index in [4.69, 9.17) is 34.8 Å². The highest BCUT2D eigenvalue weighted by atomic mass is 35.5. The number of benzene rings is 2. The number of hydrogen-bond acceptors (Lipinski definition) is 1. The molecule has 30 heavy (non-hydrogen) atoms. The average Bonchev–Trinajstić information content (AvgIpc) is 3.16. The highest BCUT2D eigenvalue weighted by molar-refractivity contribution is 6.42. The Kier molecular flexibility index (Phi) is 8.08. The molecule has 1 N–H and O–H groups in total. The van der Waals surface area contributed by atoms with Gasteiger partial charge in [-0.25, -0.2) is 4.79 Å². The van der Waals surface area contributed by atoms with Gasteiger partial charge in [-0.2, -0.15) is 0 Å². The second-order valence-electron chi connectivity index (χ2n) is 7.05. The van der Waals surface area contributed by atoms with Crippen LogP contribution in [0.4, 0.5) is 10.5 Å². The van der Waals surface area contributed by atoms with Crippen molar-refractivity contribution in [3.05, 3.63) is 87.1 Å². The molecule has 0 radical (unpaired) electrons. The Morgan fingerprint density at radius 3 is 2.53 bits per heavy atom. The number of carbonyl (C=O) groups is 1. The fourth-order valence-corrected chi connectivity index (χ4v) is 3.62. The van der Waals surface area contributed by atoms with Crippen LogP contribution in [0.2, 0.25) is 15.1 Å². The number of urea groups is 1. The van der Waals surface area contributed by atoms with Crippen molar-refractivity contribution in [1.29, 1.82) is 0 Å². The summed E-state index contributed by atoms with van der Waals surface area (Å²) in [5.41, 5.74) is 2.69. The second-order valence-corrected chi connectivity index (χ2v) is 8.27. The van der Waals surface area contributed by atoms with E-state index >= 15 is 0 Å². The number of nitrogens with one attached hydrogen (secondary N) is 1. The van der Waals surface area contributed by atoms with Crippen LogP contribution >= 0.6 is 34.8 Å². The molecule has 0 aliphatic carbocycles. The van der Waals surface area contributed by atoms with E-state index in [0.29, 0.717) is 35.4 Å². The van der Waals surface area contributed by atoms with Crippen molar-refractivity contribution in [3.8, 4) is 0 Å². The molecule has 3 aromatic rings. The summed E-state index contributed by atoms with van der Waals surface area (Å²) >= 11 is 18.4. The molecule has 7 heteroatoms. The Bertz CT molecular complexity index is 1000. The zero-order valence-electron chi connectivity index (χ0n) is 16.7. The van der Waals surface area contributed by atoms with Crippen LogP contribution in [0.3, 0.4) is 0 Å². The highest BCUT2D eigenvalue weighted by Gasteiger charge is 2.16. The van der Waals surface area contributed by atoms with E-state index in [1.54, 1.807) is 18.2 Å². The molecular formula is C23H24Cl3N3O. The van der Waals surface area contributed by atoms with Gasteiger partial charge in [-0.1, -0.05) is 66.3 Å². The van der Waals surface area contributed by atoms with Crippen LogP contribution in [0.25, 0.3) is 0 Å². The fourth-order valence-electron chi connectivity index (χ4n) is 3.13. The van der Waals surface area contributed by atoms with Crippen molar-refractivity contribution in [3.63, 3.8) is 0 Å². The van der Waals surface area contributed by atoms with Crippen LogP contribution in [0.1, 0.15) is 31.0 Å². The number of hydrogen-bond donors (Lipinski definition) is 1. The fraction of sp³-hybridized carbons (Fsp3) is 0.261. The van der Waals surface area contributed by atoms with E-state index in [1.165, 1.54) is 0 Å². The predicted molar refractivity (Wildman–Crippen MR) is 126 cm³/mol. The first-order valence-electron chi connectivity index (χ1n) is 9.86. The van der Waals surface area contributed by atoms with Gasteiger partial charge in [0, 0.05) is 35.7 Å². The van der Waals surface area contributed by atoms with Crippen LogP contribution in [0.15, 0.2) is 60.8 Å². The second kappa shape index (κ2) is 10.8. The van der Waals surface area contributed by atoms with Gasteiger partial charge in [0.05, 0.1) is 16.6 Å². The Balaban J connectivity index is 1.75. The molecule has 0 bridgehead atoms. The summed E-state index contributed by atoms with van der Waals surface area (Å²) < 4.78 is 2.12. The first-order valence-corrected chi connectivity index (χ1v) is 11.0. The molecule has 1 heterocycles. The van der Waals surface area contributed by atoms with Gasteiger partial charge >= 0.3 is 6.03 Å². The van der Waals surface area contributed by atoms with Crippen LogP contribution in [0.5, 0.6) is 0 Å². The Hall–Kier alpha value is -2.14. The minimum Gasteiger partial charge on any atom is -0.345 e. The zero-order valence-corrected chi connectivity index (χ0v) is 19.0. The molecule has 0 aliphatic heterocycles. The maximum atomic E-state index is 13.0. The molecule has 2 amide bonds. The molecule has 0 spiro atoms. The first-order chi connectivity index (χ1) is 14.5. The van der Waals surface area contributed by atoms with Gasteiger partial charge in [-0.15, -0.1) is 0 Å². The Morgan fingerprint density at radius 1 is 1.00 bits per heavy atom. The quantitative estimate of drug-likeness (QED) is 0.372. The van der Waals surface area contributed by atoms with E-state index in [0.717, 1.165) is 29.1 Å². The van der Waals surface area contributed by atoms with Gasteiger partial charge in [0.2, 0.25) is 0 Å². The number of rotatable bonds is 8. The largest absolute Gasteiger partial charge is 0.345 e. The van der Waals surface area contributed by atoms with E-state index in [-0.39, 0.29) is 6.03 Å². The summed E-state index contributed by atoms with van der Waals surface area (Å²) in [4.78, 5) is 14.8. The molecule has 0 aliphatic rings. The van der Waals surface area contributed by atoms with Crippen molar-refractivity contribution in [2.45, 2.75) is 32.9 Å². The number of anilines is 1. The molecule has 4 nitrogen and oxygen atoms in total. The predicted octanol–water partition coefficient (Wildman–Crippen LogP) is 7.33. The Morgan fingerprint density at radius 2 is 1.80 bits per heavy atom. The highest BCUT2D eigenvalue weighted by Crippen LogP contribution is 2.25. The number of carbonyl (C=O) groups excluding carboxylic acids is 1. The smallest absolute Gasteiger partial charge is 0.322 e. The third-order valence-corrected chi connectivity index (χ3v) is 5.92.